The van der Waals surface area contributed by atoms with Crippen molar-refractivity contribution in [2.75, 3.05) is 57.5 Å². The molecule has 6 aromatic rings. The second kappa shape index (κ2) is 28.0. The van der Waals surface area contributed by atoms with Crippen LogP contribution in [0.25, 0.3) is 44.8 Å². The number of pyridine rings is 2. The minimum Gasteiger partial charge on any atom is -0.458 e. The highest BCUT2D eigenvalue weighted by atomic mass is 19.1. The van der Waals surface area contributed by atoms with Gasteiger partial charge >= 0.3 is 5.97 Å². The van der Waals surface area contributed by atoms with Gasteiger partial charge in [0.2, 0.25) is 41.4 Å². The maximum atomic E-state index is 15.5. The molecule has 0 spiro atoms. The number of aliphatic hydroxyl groups is 1. The number of aromatic amines is 1. The monoisotopic (exact) mass is 1330 g/mol. The van der Waals surface area contributed by atoms with E-state index in [4.69, 9.17) is 24.9 Å². The summed E-state index contributed by atoms with van der Waals surface area (Å²) in [5.41, 5.74) is 11.0. The zero-order chi connectivity index (χ0) is 68.5. The van der Waals surface area contributed by atoms with Gasteiger partial charge in [-0.05, 0) is 117 Å². The lowest BCUT2D eigenvalue weighted by Crippen LogP contribution is -2.70. The molecule has 3 saturated carbocycles. The number of nitrogens with zero attached hydrogens (tertiary/aromatic N) is 5. The van der Waals surface area contributed by atoms with Gasteiger partial charge in [-0.1, -0.05) is 63.2 Å². The molecule has 3 aromatic heterocycles. The smallest absolute Gasteiger partial charge is 0.343 e. The number of benzene rings is 3. The van der Waals surface area contributed by atoms with Crippen LogP contribution in [0.15, 0.2) is 65.5 Å². The number of halogens is 1. The van der Waals surface area contributed by atoms with Gasteiger partial charge in [-0.3, -0.25) is 38.4 Å². The van der Waals surface area contributed by atoms with Crippen molar-refractivity contribution in [1.29, 1.82) is 0 Å². The van der Waals surface area contributed by atoms with Gasteiger partial charge < -0.3 is 66.4 Å². The van der Waals surface area contributed by atoms with Crippen molar-refractivity contribution in [3.63, 3.8) is 0 Å². The van der Waals surface area contributed by atoms with Gasteiger partial charge in [-0.25, -0.2) is 14.2 Å². The largest absolute Gasteiger partial charge is 0.458 e. The topological polar surface area (TPSA) is 362 Å². The second-order valence-corrected chi connectivity index (χ2v) is 26.8. The van der Waals surface area contributed by atoms with E-state index in [0.29, 0.717) is 109 Å². The fourth-order valence-corrected chi connectivity index (χ4v) is 15.0. The van der Waals surface area contributed by atoms with Crippen molar-refractivity contribution in [2.45, 2.75) is 148 Å². The van der Waals surface area contributed by atoms with Crippen LogP contribution >= 0.6 is 0 Å². The summed E-state index contributed by atoms with van der Waals surface area (Å²) in [7, 11) is 0. The Balaban J connectivity index is 0.551. The molecule has 3 fully saturated rings. The summed E-state index contributed by atoms with van der Waals surface area (Å²) in [5.74, 6) is -4.39. The van der Waals surface area contributed by atoms with E-state index in [1.54, 1.807) is 38.7 Å². The van der Waals surface area contributed by atoms with Gasteiger partial charge in [0.25, 0.3) is 5.56 Å². The number of carbonyl (C=O) groups is 8. The summed E-state index contributed by atoms with van der Waals surface area (Å²) in [4.78, 5) is 129. The van der Waals surface area contributed by atoms with Gasteiger partial charge in [-0.2, -0.15) is 15.4 Å². The number of nitrogens with one attached hydrogen (secondary N) is 7. The average Bonchev–Trinajstić information content (AvgIpc) is 1.04. The number of H-pyrrole nitrogens is 1. The molecule has 10 N–H and O–H groups in total. The quantitative estimate of drug-likeness (QED) is 0.0246. The van der Waals surface area contributed by atoms with Crippen LogP contribution < -0.4 is 48.1 Å². The van der Waals surface area contributed by atoms with E-state index in [0.717, 1.165) is 33.6 Å². The summed E-state index contributed by atoms with van der Waals surface area (Å²) in [6, 6.07) is 15.5. The Hall–Kier alpha value is -9.31. The molecule has 26 nitrogen and oxygen atoms in total. The highest BCUT2D eigenvalue weighted by molar-refractivity contribution is 6.01. The molecule has 7 amide bonds. The number of anilines is 1. The molecule has 7 aliphatic rings. The number of para-hydroxylation sites is 1. The van der Waals surface area contributed by atoms with E-state index in [-0.39, 0.29) is 112 Å². The first-order valence-electron chi connectivity index (χ1n) is 33.4. The molecule has 3 aromatic carbocycles. The second-order valence-electron chi connectivity index (χ2n) is 26.8. The molecule has 512 valence electrons. The average molecular weight is 1330 g/mol. The standard InChI is InChI=1S/C70H82FN13O13/c1-5-70(94)46-28-52-60-44(32-84(52)65(91)45(46)33-97-67(70)93)58-48(18-17-41-39(4)47(71)29-50(77-60)57(41)58)76-55(87)30-74-63(89)49(15-10-11-22-72)78-64(90)59(38(2)3)79-54(86)21-25-96-27-26-95-24-20-53(85)75-37-68-34-69(35-68,36-68)66(92)73-23-19-56(88)83-31-40-12-6-7-13-42(40)61-62(81-82-80-61)43-14-8-9-16-51(43)83/h6-9,12-14,16,28-29,38,48-49,59,94H,5,10-11,15,17-27,30-37,72H2,1-4H3,(H,73,92)(H,74,89)(H,75,85)(H,76,87)(H,78,90)(H,79,86)(H,80,81,82)/t48-,49-,59-,68?,69?,70-/m0/s1. The molecule has 13 rings (SSSR count). The number of cyclic esters (lactones) is 1. The number of aromatic nitrogens is 5. The van der Waals surface area contributed by atoms with E-state index in [1.807, 2.05) is 48.5 Å². The number of fused-ring (bicyclic) bond motifs is 10. The van der Waals surface area contributed by atoms with Crippen LogP contribution in [0.5, 0.6) is 0 Å². The number of hydrogen-bond acceptors (Lipinski definition) is 17. The van der Waals surface area contributed by atoms with Gasteiger partial charge in [0, 0.05) is 66.1 Å². The third-order valence-electron chi connectivity index (χ3n) is 20.1. The van der Waals surface area contributed by atoms with Crippen molar-refractivity contribution in [3.8, 4) is 33.9 Å². The molecule has 97 heavy (non-hydrogen) atoms. The molecule has 6 heterocycles. The summed E-state index contributed by atoms with van der Waals surface area (Å²) >= 11 is 0. The van der Waals surface area contributed by atoms with E-state index < -0.39 is 82.6 Å². The van der Waals surface area contributed by atoms with Crippen molar-refractivity contribution in [2.24, 2.45) is 22.5 Å². The number of nitrogens with two attached hydrogens (primary N) is 1. The lowest BCUT2D eigenvalue weighted by atomic mass is 9.35. The highest BCUT2D eigenvalue weighted by Gasteiger charge is 2.71. The summed E-state index contributed by atoms with van der Waals surface area (Å²) in [6.07, 6.45) is 3.99. The molecule has 4 aliphatic carbocycles. The molecule has 0 radical (unpaired) electrons. The van der Waals surface area contributed by atoms with E-state index in [2.05, 4.69) is 47.3 Å². The lowest BCUT2D eigenvalue weighted by molar-refractivity contribution is -0.205. The third kappa shape index (κ3) is 13.2. The molecule has 0 unspecified atom stereocenters. The first kappa shape index (κ1) is 67.7. The Morgan fingerprint density at radius 2 is 1.53 bits per heavy atom. The van der Waals surface area contributed by atoms with Gasteiger partial charge in [0.05, 0.1) is 85.7 Å². The maximum Gasteiger partial charge on any atom is 0.343 e. The maximum absolute atomic E-state index is 15.5. The minimum absolute atomic E-state index is 0.0158. The number of amides is 7. The molecule has 2 bridgehead atoms. The number of rotatable bonds is 28. The fraction of sp³-hybridized carbons (Fsp3) is 0.486. The number of hydrogen-bond donors (Lipinski definition) is 9. The first-order chi connectivity index (χ1) is 46.7. The van der Waals surface area contributed by atoms with Gasteiger partial charge in [0.15, 0.2) is 5.60 Å². The van der Waals surface area contributed by atoms with Gasteiger partial charge in [-0.15, -0.1) is 0 Å². The predicted molar refractivity (Wildman–Crippen MR) is 352 cm³/mol. The molecular formula is C70H82FN13O13. The summed E-state index contributed by atoms with van der Waals surface area (Å²) in [6.45, 7) is 7.80. The van der Waals surface area contributed by atoms with Crippen LogP contribution in [0.1, 0.15) is 136 Å². The first-order valence-corrected chi connectivity index (χ1v) is 33.4. The van der Waals surface area contributed by atoms with Crippen molar-refractivity contribution in [3.05, 3.63) is 116 Å². The van der Waals surface area contributed by atoms with Crippen LogP contribution in [0.2, 0.25) is 0 Å². The van der Waals surface area contributed by atoms with Crippen molar-refractivity contribution in [1.82, 2.24) is 56.9 Å². The number of unbranched alkanes of at least 4 members (excludes halogenated alkanes) is 1. The summed E-state index contributed by atoms with van der Waals surface area (Å²) < 4.78 is 33.5. The van der Waals surface area contributed by atoms with E-state index in [1.165, 1.54) is 10.6 Å². The number of esters is 1. The number of carbonyl (C=O) groups excluding carboxylic acids is 8. The zero-order valence-electron chi connectivity index (χ0n) is 54.9. The molecule has 0 saturated heterocycles. The van der Waals surface area contributed by atoms with Crippen molar-refractivity contribution >= 4 is 63.9 Å². The third-order valence-corrected chi connectivity index (χ3v) is 20.1. The molecule has 4 atom stereocenters. The van der Waals surface area contributed by atoms with Crippen LogP contribution in [0, 0.1) is 29.5 Å². The normalized spacial score (nSPS) is 20.3. The zero-order valence-corrected chi connectivity index (χ0v) is 54.9. The molecule has 27 heteroatoms. The van der Waals surface area contributed by atoms with Crippen LogP contribution in [0.3, 0.4) is 0 Å². The highest BCUT2D eigenvalue weighted by Crippen LogP contribution is 2.73. The number of ether oxygens (including phenoxy) is 3. The Labute approximate surface area is 558 Å². The minimum atomic E-state index is -2.06. The Kier molecular flexibility index (Phi) is 19.6. The van der Waals surface area contributed by atoms with Crippen LogP contribution in [0.4, 0.5) is 10.1 Å². The molecule has 3 aliphatic heterocycles. The number of aryl methyl sites for hydroxylation is 1. The van der Waals surface area contributed by atoms with Gasteiger partial charge in [0.1, 0.15) is 35.9 Å². The van der Waals surface area contributed by atoms with E-state index >= 15 is 4.39 Å². The van der Waals surface area contributed by atoms with Crippen LogP contribution in [-0.4, -0.2) is 142 Å². The van der Waals surface area contributed by atoms with Crippen molar-refractivity contribution < 1.29 is 62.1 Å². The Bertz CT molecular complexity index is 4190. The lowest BCUT2D eigenvalue weighted by Gasteiger charge is -2.69. The summed E-state index contributed by atoms with van der Waals surface area (Å²) in [5, 5.41) is 41.0. The Morgan fingerprint density at radius 1 is 0.814 bits per heavy atom. The van der Waals surface area contributed by atoms with E-state index in [9.17, 15) is 48.3 Å². The van der Waals surface area contributed by atoms with Crippen LogP contribution in [-0.2, 0) is 84.3 Å². The SMILES string of the molecule is CC[C@@]1(O)C(=O)OCc2c1cc1n(c2=O)Cc2c-1nc1cc(F)c(C)c3c1c2[C@@H](NC(=O)CNC(=O)[C@H](CCCCN)NC(=O)[C@@H](NC(=O)CCOCCOCCC(=O)NCC12CC(C(=O)NCCC(=O)N4Cc5ccccc5-c5n[nH]nc5-c5ccccc54)(C1)C2)C(C)C)CC3. The fourth-order valence-electron chi connectivity index (χ4n) is 15.0. The predicted octanol–water partition coefficient (Wildman–Crippen LogP) is 4.11. The Morgan fingerprint density at radius 3 is 2.26 bits per heavy atom. The molecular weight excluding hydrogens is 1250 g/mol.